The summed E-state index contributed by atoms with van der Waals surface area (Å²) in [5.74, 6) is -5.82. The number of benzene rings is 1. The fourth-order valence-corrected chi connectivity index (χ4v) is 3.18. The maximum atomic E-state index is 12.9. The molecule has 1 aromatic rings. The van der Waals surface area contributed by atoms with Gasteiger partial charge in [0.05, 0.1) is 17.4 Å². The topological polar surface area (TPSA) is 57.6 Å². The van der Waals surface area contributed by atoms with E-state index in [0.29, 0.717) is 4.47 Å². The summed E-state index contributed by atoms with van der Waals surface area (Å²) >= 11 is 3.21. The summed E-state index contributed by atoms with van der Waals surface area (Å²) in [5, 5.41) is 8.96. The summed E-state index contributed by atoms with van der Waals surface area (Å²) in [6, 6.07) is 4.86. The average Bonchev–Trinajstić information content (AvgIpc) is 2.83. The Bertz CT molecular complexity index is 618. The Balaban J connectivity index is 2.27. The molecule has 2 rings (SSSR count). The van der Waals surface area contributed by atoms with Gasteiger partial charge in [0, 0.05) is 17.6 Å². The lowest BCUT2D eigenvalue weighted by Gasteiger charge is -2.19. The van der Waals surface area contributed by atoms with Gasteiger partial charge < -0.3 is 10.0 Å². The van der Waals surface area contributed by atoms with Crippen molar-refractivity contribution in [1.29, 1.82) is 0 Å². The van der Waals surface area contributed by atoms with Crippen LogP contribution in [0.2, 0.25) is 0 Å². The number of carbonyl (C=O) groups excluding carboxylic acids is 1. The molecule has 2 atom stereocenters. The van der Waals surface area contributed by atoms with Crippen molar-refractivity contribution in [2.24, 2.45) is 11.8 Å². The number of aliphatic carboxylic acids is 1. The number of aryl methyl sites for hydroxylation is 1. The van der Waals surface area contributed by atoms with Crippen molar-refractivity contribution in [1.82, 2.24) is 4.90 Å². The van der Waals surface area contributed by atoms with Gasteiger partial charge in [0.2, 0.25) is 0 Å². The van der Waals surface area contributed by atoms with Gasteiger partial charge >= 0.3 is 12.1 Å². The molecule has 1 saturated heterocycles. The maximum Gasteiger partial charge on any atom is 0.394 e. The van der Waals surface area contributed by atoms with Crippen molar-refractivity contribution >= 4 is 27.8 Å². The standard InChI is InChI=1S/C14H13BrF3NO3/c1-7-2-3-8(11(15)4-7)12(20)19-5-9(13(21)22)10(6-19)14(16,17)18/h2-4,9-10H,5-6H2,1H3,(H,21,22)/t9-,10-/m1/s1. The lowest BCUT2D eigenvalue weighted by Crippen LogP contribution is -2.34. The number of likely N-dealkylation sites (tertiary alicyclic amines) is 1. The van der Waals surface area contributed by atoms with E-state index < -0.39 is 43.0 Å². The van der Waals surface area contributed by atoms with E-state index in [0.717, 1.165) is 10.5 Å². The molecule has 0 saturated carbocycles. The lowest BCUT2D eigenvalue weighted by atomic mass is 9.96. The Morgan fingerprint density at radius 3 is 2.41 bits per heavy atom. The summed E-state index contributed by atoms with van der Waals surface area (Å²) < 4.78 is 39.3. The molecule has 0 aliphatic carbocycles. The van der Waals surface area contributed by atoms with Gasteiger partial charge in [-0.2, -0.15) is 13.2 Å². The molecule has 1 fully saturated rings. The van der Waals surface area contributed by atoms with Crippen molar-refractivity contribution < 1.29 is 27.9 Å². The molecule has 1 aromatic carbocycles. The highest BCUT2D eigenvalue weighted by molar-refractivity contribution is 9.10. The highest BCUT2D eigenvalue weighted by atomic mass is 79.9. The Morgan fingerprint density at radius 1 is 1.32 bits per heavy atom. The first-order valence-electron chi connectivity index (χ1n) is 6.46. The Hall–Kier alpha value is -1.57. The van der Waals surface area contributed by atoms with Gasteiger partial charge in [0.15, 0.2) is 0 Å². The van der Waals surface area contributed by atoms with Crippen LogP contribution < -0.4 is 0 Å². The summed E-state index contributed by atoms with van der Waals surface area (Å²) in [5.41, 5.74) is 1.11. The SMILES string of the molecule is Cc1ccc(C(=O)N2C[C@@H](C(F)(F)F)[C@H](C(=O)O)C2)c(Br)c1. The van der Waals surface area contributed by atoms with E-state index in [4.69, 9.17) is 5.11 Å². The molecule has 0 aromatic heterocycles. The molecule has 0 spiro atoms. The molecular weight excluding hydrogens is 367 g/mol. The number of carboxylic acids is 1. The van der Waals surface area contributed by atoms with Crippen LogP contribution in [0.15, 0.2) is 22.7 Å². The van der Waals surface area contributed by atoms with Gasteiger partial charge in [-0.1, -0.05) is 6.07 Å². The quantitative estimate of drug-likeness (QED) is 0.858. The zero-order chi connectivity index (χ0) is 16.7. The average molecular weight is 380 g/mol. The molecule has 0 bridgehead atoms. The highest BCUT2D eigenvalue weighted by Crippen LogP contribution is 2.38. The number of hydrogen-bond donors (Lipinski definition) is 1. The summed E-state index contributed by atoms with van der Waals surface area (Å²) in [6.45, 7) is 0.729. The predicted octanol–water partition coefficient (Wildman–Crippen LogP) is 3.09. The van der Waals surface area contributed by atoms with Crippen LogP contribution in [-0.4, -0.2) is 41.1 Å². The van der Waals surface area contributed by atoms with Crippen LogP contribution in [0, 0.1) is 18.8 Å². The molecule has 4 nitrogen and oxygen atoms in total. The van der Waals surface area contributed by atoms with Gasteiger partial charge in [-0.25, -0.2) is 0 Å². The van der Waals surface area contributed by atoms with Crippen LogP contribution in [0.3, 0.4) is 0 Å². The van der Waals surface area contributed by atoms with Crippen molar-refractivity contribution in [3.05, 3.63) is 33.8 Å². The minimum absolute atomic E-state index is 0.220. The fourth-order valence-electron chi connectivity index (χ4n) is 2.52. The van der Waals surface area contributed by atoms with Crippen LogP contribution in [0.5, 0.6) is 0 Å². The lowest BCUT2D eigenvalue weighted by molar-refractivity contribution is -0.187. The second kappa shape index (κ2) is 5.91. The van der Waals surface area contributed by atoms with Crippen molar-refractivity contribution in [2.75, 3.05) is 13.1 Å². The van der Waals surface area contributed by atoms with Gasteiger partial charge in [0.1, 0.15) is 0 Å². The molecule has 1 aliphatic rings. The Morgan fingerprint density at radius 2 is 1.95 bits per heavy atom. The molecule has 120 valence electrons. The second-order valence-corrected chi connectivity index (χ2v) is 6.14. The second-order valence-electron chi connectivity index (χ2n) is 5.29. The molecule has 0 unspecified atom stereocenters. The number of carboxylic acid groups (broad SMARTS) is 1. The van der Waals surface area contributed by atoms with E-state index in [9.17, 15) is 22.8 Å². The zero-order valence-corrected chi connectivity index (χ0v) is 13.1. The third kappa shape index (κ3) is 3.26. The molecule has 1 heterocycles. The smallest absolute Gasteiger partial charge is 0.394 e. The van der Waals surface area contributed by atoms with Crippen molar-refractivity contribution in [2.45, 2.75) is 13.1 Å². The zero-order valence-electron chi connectivity index (χ0n) is 11.5. The van der Waals surface area contributed by atoms with E-state index >= 15 is 0 Å². The maximum absolute atomic E-state index is 12.9. The summed E-state index contributed by atoms with van der Waals surface area (Å²) in [6.07, 6.45) is -4.65. The van der Waals surface area contributed by atoms with E-state index in [1.54, 1.807) is 12.1 Å². The van der Waals surface area contributed by atoms with Gasteiger partial charge in [0.25, 0.3) is 5.91 Å². The molecule has 1 amide bonds. The molecule has 22 heavy (non-hydrogen) atoms. The minimum atomic E-state index is -4.65. The molecular formula is C14H13BrF3NO3. The van der Waals surface area contributed by atoms with E-state index in [2.05, 4.69) is 15.9 Å². The monoisotopic (exact) mass is 379 g/mol. The fraction of sp³-hybridized carbons (Fsp3) is 0.429. The van der Waals surface area contributed by atoms with Crippen LogP contribution in [0.25, 0.3) is 0 Å². The number of halogens is 4. The summed E-state index contributed by atoms with van der Waals surface area (Å²) in [4.78, 5) is 24.3. The Labute approximate surface area is 133 Å². The van der Waals surface area contributed by atoms with E-state index in [-0.39, 0.29) is 5.56 Å². The van der Waals surface area contributed by atoms with Crippen LogP contribution in [0.4, 0.5) is 13.2 Å². The first-order valence-corrected chi connectivity index (χ1v) is 7.25. The van der Waals surface area contributed by atoms with Crippen LogP contribution >= 0.6 is 15.9 Å². The minimum Gasteiger partial charge on any atom is -0.481 e. The van der Waals surface area contributed by atoms with Crippen LogP contribution in [-0.2, 0) is 4.79 Å². The van der Waals surface area contributed by atoms with Crippen LogP contribution in [0.1, 0.15) is 15.9 Å². The molecule has 1 aliphatic heterocycles. The first-order chi connectivity index (χ1) is 10.1. The largest absolute Gasteiger partial charge is 0.481 e. The molecule has 8 heteroatoms. The van der Waals surface area contributed by atoms with Gasteiger partial charge in [-0.3, -0.25) is 9.59 Å². The van der Waals surface area contributed by atoms with E-state index in [1.165, 1.54) is 6.07 Å². The van der Waals surface area contributed by atoms with Crippen molar-refractivity contribution in [3.63, 3.8) is 0 Å². The van der Waals surface area contributed by atoms with Crippen molar-refractivity contribution in [3.8, 4) is 0 Å². The normalized spacial score (nSPS) is 22.0. The number of amides is 1. The first kappa shape index (κ1) is 16.8. The van der Waals surface area contributed by atoms with E-state index in [1.807, 2.05) is 6.92 Å². The molecule has 0 radical (unpaired) electrons. The highest BCUT2D eigenvalue weighted by Gasteiger charge is 2.53. The number of alkyl halides is 3. The molecule has 1 N–H and O–H groups in total. The number of carbonyl (C=O) groups is 2. The third-order valence-corrected chi connectivity index (χ3v) is 4.36. The van der Waals surface area contributed by atoms with Gasteiger partial charge in [-0.15, -0.1) is 0 Å². The number of rotatable bonds is 2. The predicted molar refractivity (Wildman–Crippen MR) is 75.5 cm³/mol. The summed E-state index contributed by atoms with van der Waals surface area (Å²) in [7, 11) is 0. The number of nitrogens with zero attached hydrogens (tertiary/aromatic N) is 1. The number of hydrogen-bond acceptors (Lipinski definition) is 2. The third-order valence-electron chi connectivity index (χ3n) is 3.70. The van der Waals surface area contributed by atoms with Gasteiger partial charge in [-0.05, 0) is 40.5 Å². The Kier molecular flexibility index (Phi) is 4.51.